The minimum atomic E-state index is -0.957. The van der Waals surface area contributed by atoms with Gasteiger partial charge in [0.15, 0.2) is 18.2 Å². The molecule has 1 aromatic rings. The first-order valence-corrected chi connectivity index (χ1v) is 6.30. The number of halogens is 2. The molecule has 0 aromatic heterocycles. The molecule has 5 nitrogen and oxygen atoms in total. The monoisotopic (exact) mass is 301 g/mol. The van der Waals surface area contributed by atoms with Crippen LogP contribution < -0.4 is 10.1 Å². The average molecular weight is 301 g/mol. The molecule has 0 aliphatic rings. The fourth-order valence-electron chi connectivity index (χ4n) is 1.63. The molecule has 0 radical (unpaired) electrons. The first-order chi connectivity index (χ1) is 9.69. The van der Waals surface area contributed by atoms with Crippen molar-refractivity contribution in [3.05, 3.63) is 29.8 Å². The van der Waals surface area contributed by atoms with Crippen LogP contribution in [0.3, 0.4) is 0 Å². The summed E-state index contributed by atoms with van der Waals surface area (Å²) in [5, 5.41) is 11.2. The summed E-state index contributed by atoms with van der Waals surface area (Å²) in [6.45, 7) is 2.90. The summed E-state index contributed by atoms with van der Waals surface area (Å²) in [4.78, 5) is 22.2. The minimum Gasteiger partial charge on any atom is -0.481 e. The molecule has 21 heavy (non-hydrogen) atoms. The van der Waals surface area contributed by atoms with Crippen molar-refractivity contribution in [3.63, 3.8) is 0 Å². The summed E-state index contributed by atoms with van der Waals surface area (Å²) in [6.07, 6.45) is 0.166. The van der Waals surface area contributed by atoms with E-state index in [0.717, 1.165) is 12.1 Å². The Balaban J connectivity index is 2.48. The van der Waals surface area contributed by atoms with E-state index < -0.39 is 35.7 Å². The molecular weight excluding hydrogens is 284 g/mol. The van der Waals surface area contributed by atoms with Crippen LogP contribution in [-0.2, 0) is 9.59 Å². The third kappa shape index (κ3) is 6.20. The summed E-state index contributed by atoms with van der Waals surface area (Å²) < 4.78 is 30.9. The molecule has 1 rings (SSSR count). The van der Waals surface area contributed by atoms with Crippen LogP contribution in [0.2, 0.25) is 0 Å². The number of nitrogens with one attached hydrogen (secondary N) is 1. The Labute approximate surface area is 120 Å². The van der Waals surface area contributed by atoms with Crippen molar-refractivity contribution in [1.29, 1.82) is 0 Å². The Morgan fingerprint density at radius 1 is 1.33 bits per heavy atom. The molecule has 1 aromatic carbocycles. The Bertz CT molecular complexity index is 532. The molecule has 2 N–H and O–H groups in total. The van der Waals surface area contributed by atoms with Gasteiger partial charge in [-0.25, -0.2) is 8.78 Å². The molecule has 0 saturated carbocycles. The first kappa shape index (κ1) is 16.9. The van der Waals surface area contributed by atoms with Crippen molar-refractivity contribution in [2.75, 3.05) is 6.61 Å². The van der Waals surface area contributed by atoms with Gasteiger partial charge in [0.1, 0.15) is 5.82 Å². The molecule has 0 bridgehead atoms. The topological polar surface area (TPSA) is 75.6 Å². The molecule has 0 saturated heterocycles. The zero-order valence-corrected chi connectivity index (χ0v) is 11.8. The van der Waals surface area contributed by atoms with E-state index in [1.807, 2.05) is 0 Å². The van der Waals surface area contributed by atoms with Gasteiger partial charge in [-0.3, -0.25) is 9.59 Å². The maximum atomic E-state index is 13.3. The molecule has 0 atom stereocenters. The highest BCUT2D eigenvalue weighted by Gasteiger charge is 2.21. The SMILES string of the molecule is CC(C)(CCC(=O)O)NC(=O)COc1ccc(F)cc1F. The van der Waals surface area contributed by atoms with Crippen molar-refractivity contribution in [1.82, 2.24) is 5.32 Å². The molecule has 0 unspecified atom stereocenters. The summed E-state index contributed by atoms with van der Waals surface area (Å²) in [7, 11) is 0. The molecule has 7 heteroatoms. The minimum absolute atomic E-state index is 0.0826. The van der Waals surface area contributed by atoms with Crippen LogP contribution >= 0.6 is 0 Å². The van der Waals surface area contributed by atoms with Crippen molar-refractivity contribution in [3.8, 4) is 5.75 Å². The van der Waals surface area contributed by atoms with Crippen LogP contribution in [0.5, 0.6) is 5.75 Å². The van der Waals surface area contributed by atoms with Gasteiger partial charge >= 0.3 is 5.97 Å². The lowest BCUT2D eigenvalue weighted by atomic mass is 9.98. The van der Waals surface area contributed by atoms with E-state index in [2.05, 4.69) is 5.32 Å². The number of carboxylic acids is 1. The van der Waals surface area contributed by atoms with Gasteiger partial charge in [-0.15, -0.1) is 0 Å². The summed E-state index contributed by atoms with van der Waals surface area (Å²) in [6, 6.07) is 2.77. The smallest absolute Gasteiger partial charge is 0.303 e. The maximum Gasteiger partial charge on any atom is 0.303 e. The number of aliphatic carboxylic acids is 1. The second-order valence-electron chi connectivity index (χ2n) is 5.19. The van der Waals surface area contributed by atoms with E-state index in [1.54, 1.807) is 13.8 Å². The van der Waals surface area contributed by atoms with Gasteiger partial charge in [-0.1, -0.05) is 0 Å². The van der Waals surface area contributed by atoms with E-state index >= 15 is 0 Å². The quantitative estimate of drug-likeness (QED) is 0.808. The molecule has 0 aliphatic carbocycles. The number of rotatable bonds is 7. The molecule has 0 heterocycles. The number of amides is 1. The summed E-state index contributed by atoms with van der Waals surface area (Å²) in [5.41, 5.74) is -0.722. The zero-order chi connectivity index (χ0) is 16.0. The van der Waals surface area contributed by atoms with Gasteiger partial charge in [0, 0.05) is 18.0 Å². The summed E-state index contributed by atoms with van der Waals surface area (Å²) >= 11 is 0. The maximum absolute atomic E-state index is 13.3. The lowest BCUT2D eigenvalue weighted by molar-refractivity contribution is -0.138. The molecular formula is C14H17F2NO4. The van der Waals surface area contributed by atoms with E-state index in [-0.39, 0.29) is 18.6 Å². The molecule has 116 valence electrons. The van der Waals surface area contributed by atoms with Crippen LogP contribution in [-0.4, -0.2) is 29.1 Å². The fraction of sp³-hybridized carbons (Fsp3) is 0.429. The lowest BCUT2D eigenvalue weighted by Gasteiger charge is -2.25. The number of carboxylic acid groups (broad SMARTS) is 1. The Morgan fingerprint density at radius 3 is 2.57 bits per heavy atom. The van der Waals surface area contributed by atoms with Crippen molar-refractivity contribution >= 4 is 11.9 Å². The Hall–Kier alpha value is -2.18. The third-order valence-corrected chi connectivity index (χ3v) is 2.69. The zero-order valence-electron chi connectivity index (χ0n) is 11.8. The normalized spacial score (nSPS) is 11.0. The lowest BCUT2D eigenvalue weighted by Crippen LogP contribution is -2.45. The van der Waals surface area contributed by atoms with Crippen LogP contribution in [0.1, 0.15) is 26.7 Å². The highest BCUT2D eigenvalue weighted by molar-refractivity contribution is 5.78. The standard InChI is InChI=1S/C14H17F2NO4/c1-14(2,6-5-13(19)20)17-12(18)8-21-11-4-3-9(15)7-10(11)16/h3-4,7H,5-6,8H2,1-2H3,(H,17,18)(H,19,20). The van der Waals surface area contributed by atoms with Gasteiger partial charge in [0.2, 0.25) is 0 Å². The molecule has 0 spiro atoms. The number of hydrogen-bond donors (Lipinski definition) is 2. The van der Waals surface area contributed by atoms with Crippen molar-refractivity contribution in [2.24, 2.45) is 0 Å². The van der Waals surface area contributed by atoms with E-state index in [4.69, 9.17) is 9.84 Å². The second-order valence-corrected chi connectivity index (χ2v) is 5.19. The third-order valence-electron chi connectivity index (χ3n) is 2.69. The van der Waals surface area contributed by atoms with Crippen LogP contribution in [0.4, 0.5) is 8.78 Å². The average Bonchev–Trinajstić information content (AvgIpc) is 2.35. The van der Waals surface area contributed by atoms with Gasteiger partial charge in [0.25, 0.3) is 5.91 Å². The van der Waals surface area contributed by atoms with E-state index in [9.17, 15) is 18.4 Å². The van der Waals surface area contributed by atoms with Crippen LogP contribution in [0.25, 0.3) is 0 Å². The van der Waals surface area contributed by atoms with Gasteiger partial charge in [-0.05, 0) is 32.4 Å². The number of benzene rings is 1. The largest absolute Gasteiger partial charge is 0.481 e. The van der Waals surface area contributed by atoms with Gasteiger partial charge in [-0.2, -0.15) is 0 Å². The van der Waals surface area contributed by atoms with Crippen LogP contribution in [0, 0.1) is 11.6 Å². The molecule has 1 amide bonds. The Morgan fingerprint density at radius 2 is 2.00 bits per heavy atom. The summed E-state index contributed by atoms with van der Waals surface area (Å²) in [5.74, 6) is -3.34. The predicted molar refractivity (Wildman–Crippen MR) is 70.9 cm³/mol. The van der Waals surface area contributed by atoms with E-state index in [1.165, 1.54) is 0 Å². The molecule has 0 aliphatic heterocycles. The van der Waals surface area contributed by atoms with Crippen molar-refractivity contribution in [2.45, 2.75) is 32.2 Å². The number of carbonyl (C=O) groups excluding carboxylic acids is 1. The predicted octanol–water partition coefficient (Wildman–Crippen LogP) is 2.10. The fourth-order valence-corrected chi connectivity index (χ4v) is 1.63. The van der Waals surface area contributed by atoms with Gasteiger partial charge in [0.05, 0.1) is 0 Å². The van der Waals surface area contributed by atoms with Crippen LogP contribution in [0.15, 0.2) is 18.2 Å². The van der Waals surface area contributed by atoms with Crippen molar-refractivity contribution < 1.29 is 28.2 Å². The number of ether oxygens (including phenoxy) is 1. The van der Waals surface area contributed by atoms with E-state index in [0.29, 0.717) is 6.07 Å². The molecule has 0 fully saturated rings. The number of hydrogen-bond acceptors (Lipinski definition) is 3. The first-order valence-electron chi connectivity index (χ1n) is 6.30. The Kier molecular flexibility index (Phi) is 5.63. The van der Waals surface area contributed by atoms with Gasteiger partial charge < -0.3 is 15.2 Å². The highest BCUT2D eigenvalue weighted by atomic mass is 19.1. The highest BCUT2D eigenvalue weighted by Crippen LogP contribution is 2.17. The second kappa shape index (κ2) is 7.01. The number of carbonyl (C=O) groups is 2.